The molecule has 0 amide bonds. The summed E-state index contributed by atoms with van der Waals surface area (Å²) in [6.07, 6.45) is -0.184. The van der Waals surface area contributed by atoms with Crippen LogP contribution in [0.3, 0.4) is 0 Å². The van der Waals surface area contributed by atoms with Crippen LogP contribution in [0.15, 0.2) is 24.3 Å². The third kappa shape index (κ3) is 8.07. The molecule has 0 spiro atoms. The summed E-state index contributed by atoms with van der Waals surface area (Å²) in [7, 11) is 0. The Morgan fingerprint density at radius 2 is 1.63 bits per heavy atom. The number of rotatable bonds is 5. The quantitative estimate of drug-likeness (QED) is 0.292. The van der Waals surface area contributed by atoms with E-state index in [1.54, 1.807) is 26.0 Å². The lowest BCUT2D eigenvalue weighted by atomic mass is 10.1. The second kappa shape index (κ2) is 10.2. The van der Waals surface area contributed by atoms with Crippen molar-refractivity contribution in [2.45, 2.75) is 27.2 Å². The highest BCUT2D eigenvalue weighted by molar-refractivity contribution is 6.05. The summed E-state index contributed by atoms with van der Waals surface area (Å²) in [6.45, 7) is 6.05. The van der Waals surface area contributed by atoms with Gasteiger partial charge in [-0.3, -0.25) is 14.8 Å². The van der Waals surface area contributed by atoms with Crippen LogP contribution in [0.25, 0.3) is 0 Å². The first-order valence-corrected chi connectivity index (χ1v) is 6.06. The molecule has 106 valence electrons. The molecule has 5 heteroatoms. The SMILES string of the molecule is CCOC(=O)CC(=O)c1ccc(C)cc1.CCOO. The van der Waals surface area contributed by atoms with E-state index in [0.717, 1.165) is 5.56 Å². The fourth-order valence-corrected chi connectivity index (χ4v) is 1.18. The number of ketones is 1. The van der Waals surface area contributed by atoms with Crippen LogP contribution in [0.4, 0.5) is 0 Å². The Morgan fingerprint density at radius 3 is 2.05 bits per heavy atom. The zero-order valence-corrected chi connectivity index (χ0v) is 11.5. The number of aryl methyl sites for hydroxylation is 1. The summed E-state index contributed by atoms with van der Waals surface area (Å²) in [6, 6.07) is 7.13. The first-order chi connectivity index (χ1) is 9.04. The van der Waals surface area contributed by atoms with E-state index in [4.69, 9.17) is 9.99 Å². The van der Waals surface area contributed by atoms with Gasteiger partial charge < -0.3 is 4.74 Å². The standard InChI is InChI=1S/C12H14O3.C2H6O2/c1-3-15-12(14)8-11(13)10-6-4-9(2)5-7-10;1-2-4-3/h4-7H,3,8H2,1-2H3;3H,2H2,1H3. The van der Waals surface area contributed by atoms with Gasteiger partial charge in [0.15, 0.2) is 5.78 Å². The first-order valence-electron chi connectivity index (χ1n) is 6.06. The zero-order chi connectivity index (χ0) is 14.7. The van der Waals surface area contributed by atoms with E-state index in [1.807, 2.05) is 19.1 Å². The summed E-state index contributed by atoms with van der Waals surface area (Å²) in [5.41, 5.74) is 1.64. The average Bonchev–Trinajstić information content (AvgIpc) is 2.40. The number of carbonyl (C=O) groups excluding carboxylic acids is 2. The number of carbonyl (C=O) groups is 2. The van der Waals surface area contributed by atoms with Crippen molar-refractivity contribution in [1.82, 2.24) is 0 Å². The number of Topliss-reactive ketones (excluding diaryl/α,β-unsaturated/α-hetero) is 1. The molecule has 0 aliphatic heterocycles. The summed E-state index contributed by atoms with van der Waals surface area (Å²) in [5.74, 6) is -0.670. The van der Waals surface area contributed by atoms with E-state index in [0.29, 0.717) is 18.8 Å². The molecule has 1 aromatic rings. The van der Waals surface area contributed by atoms with Crippen molar-refractivity contribution in [3.8, 4) is 0 Å². The highest BCUT2D eigenvalue weighted by Crippen LogP contribution is 2.06. The summed E-state index contributed by atoms with van der Waals surface area (Å²) in [4.78, 5) is 26.1. The molecule has 0 radical (unpaired) electrons. The molecule has 1 rings (SSSR count). The Kier molecular flexibility index (Phi) is 9.30. The smallest absolute Gasteiger partial charge is 0.313 e. The maximum Gasteiger partial charge on any atom is 0.313 e. The van der Waals surface area contributed by atoms with Gasteiger partial charge in [-0.15, -0.1) is 0 Å². The fourth-order valence-electron chi connectivity index (χ4n) is 1.18. The van der Waals surface area contributed by atoms with Crippen LogP contribution in [-0.4, -0.2) is 30.2 Å². The Morgan fingerprint density at radius 1 is 1.11 bits per heavy atom. The predicted octanol–water partition coefficient (Wildman–Crippen LogP) is 2.63. The fraction of sp³-hybridized carbons (Fsp3) is 0.429. The Hall–Kier alpha value is -1.72. The molecular weight excluding hydrogens is 248 g/mol. The highest BCUT2D eigenvalue weighted by atomic mass is 17.1. The molecular formula is C14H20O5. The highest BCUT2D eigenvalue weighted by Gasteiger charge is 2.11. The molecule has 0 saturated carbocycles. The van der Waals surface area contributed by atoms with Crippen molar-refractivity contribution < 1.29 is 24.5 Å². The van der Waals surface area contributed by atoms with Gasteiger partial charge in [0.2, 0.25) is 0 Å². The van der Waals surface area contributed by atoms with Crippen molar-refractivity contribution in [2.75, 3.05) is 13.2 Å². The van der Waals surface area contributed by atoms with E-state index >= 15 is 0 Å². The van der Waals surface area contributed by atoms with Gasteiger partial charge in [-0.2, -0.15) is 0 Å². The Labute approximate surface area is 113 Å². The largest absolute Gasteiger partial charge is 0.466 e. The zero-order valence-electron chi connectivity index (χ0n) is 11.5. The van der Waals surface area contributed by atoms with Gasteiger partial charge in [0.1, 0.15) is 6.42 Å². The molecule has 5 nitrogen and oxygen atoms in total. The second-order valence-corrected chi connectivity index (χ2v) is 3.69. The molecule has 0 unspecified atom stereocenters. The molecule has 0 heterocycles. The number of ether oxygens (including phenoxy) is 1. The molecule has 0 aliphatic carbocycles. The molecule has 19 heavy (non-hydrogen) atoms. The van der Waals surface area contributed by atoms with Crippen LogP contribution in [0, 0.1) is 6.92 Å². The van der Waals surface area contributed by atoms with E-state index in [1.165, 1.54) is 0 Å². The van der Waals surface area contributed by atoms with Gasteiger partial charge in [-0.05, 0) is 20.8 Å². The number of hydrogen-bond donors (Lipinski definition) is 1. The third-order valence-electron chi connectivity index (χ3n) is 2.11. The number of benzene rings is 1. The van der Waals surface area contributed by atoms with Gasteiger partial charge in [0.05, 0.1) is 13.2 Å². The Balaban J connectivity index is 0.000000711. The summed E-state index contributed by atoms with van der Waals surface area (Å²) in [5, 5.41) is 7.38. The van der Waals surface area contributed by atoms with Crippen LogP contribution in [0.2, 0.25) is 0 Å². The van der Waals surface area contributed by atoms with Crippen LogP contribution in [-0.2, 0) is 14.4 Å². The molecule has 0 bridgehead atoms. The van der Waals surface area contributed by atoms with Crippen molar-refractivity contribution in [1.29, 1.82) is 0 Å². The maximum atomic E-state index is 11.5. The van der Waals surface area contributed by atoms with E-state index in [-0.39, 0.29) is 12.2 Å². The molecule has 0 saturated heterocycles. The molecule has 1 N–H and O–H groups in total. The minimum absolute atomic E-state index is 0.184. The summed E-state index contributed by atoms with van der Waals surface area (Å²) >= 11 is 0. The van der Waals surface area contributed by atoms with E-state index < -0.39 is 5.97 Å². The Bertz CT molecular complexity index is 381. The average molecular weight is 268 g/mol. The van der Waals surface area contributed by atoms with Crippen LogP contribution in [0.1, 0.15) is 36.2 Å². The number of esters is 1. The molecule has 0 aliphatic rings. The lowest BCUT2D eigenvalue weighted by molar-refractivity contribution is -0.237. The van der Waals surface area contributed by atoms with Gasteiger partial charge in [-0.1, -0.05) is 29.8 Å². The molecule has 1 aromatic carbocycles. The van der Waals surface area contributed by atoms with Gasteiger partial charge in [-0.25, -0.2) is 4.89 Å². The van der Waals surface area contributed by atoms with Crippen molar-refractivity contribution in [3.05, 3.63) is 35.4 Å². The third-order valence-corrected chi connectivity index (χ3v) is 2.11. The van der Waals surface area contributed by atoms with E-state index in [2.05, 4.69) is 4.89 Å². The lowest BCUT2D eigenvalue weighted by Gasteiger charge is -2.01. The minimum Gasteiger partial charge on any atom is -0.466 e. The molecule has 0 fully saturated rings. The maximum absolute atomic E-state index is 11.5. The first kappa shape index (κ1) is 17.3. The summed E-state index contributed by atoms with van der Waals surface area (Å²) < 4.78 is 4.70. The van der Waals surface area contributed by atoms with Crippen molar-refractivity contribution >= 4 is 11.8 Å². The predicted molar refractivity (Wildman–Crippen MR) is 71.0 cm³/mol. The van der Waals surface area contributed by atoms with Crippen LogP contribution < -0.4 is 0 Å². The van der Waals surface area contributed by atoms with E-state index in [9.17, 15) is 9.59 Å². The van der Waals surface area contributed by atoms with Crippen molar-refractivity contribution in [2.24, 2.45) is 0 Å². The normalized spacial score (nSPS) is 9.26. The molecule has 0 aromatic heterocycles. The minimum atomic E-state index is -0.469. The monoisotopic (exact) mass is 268 g/mol. The van der Waals surface area contributed by atoms with Gasteiger partial charge >= 0.3 is 5.97 Å². The van der Waals surface area contributed by atoms with Crippen LogP contribution >= 0.6 is 0 Å². The van der Waals surface area contributed by atoms with Gasteiger partial charge in [0.25, 0.3) is 0 Å². The second-order valence-electron chi connectivity index (χ2n) is 3.69. The topological polar surface area (TPSA) is 72.8 Å². The van der Waals surface area contributed by atoms with Gasteiger partial charge in [0, 0.05) is 5.56 Å². The van der Waals surface area contributed by atoms with Crippen molar-refractivity contribution in [3.63, 3.8) is 0 Å². The molecule has 0 atom stereocenters. The van der Waals surface area contributed by atoms with Crippen LogP contribution in [0.5, 0.6) is 0 Å². The lowest BCUT2D eigenvalue weighted by Crippen LogP contribution is -2.11. The number of hydrogen-bond acceptors (Lipinski definition) is 5.